The third-order valence-electron chi connectivity index (χ3n) is 2.55. The van der Waals surface area contributed by atoms with Crippen LogP contribution in [0.5, 0.6) is 0 Å². The fourth-order valence-corrected chi connectivity index (χ4v) is 1.41. The molecule has 0 aliphatic rings. The molecule has 0 saturated carbocycles. The maximum atomic E-state index is 11.3. The van der Waals surface area contributed by atoms with Crippen molar-refractivity contribution in [3.05, 3.63) is 35.9 Å². The molecule has 4 N–H and O–H groups in total. The van der Waals surface area contributed by atoms with E-state index in [2.05, 4.69) is 5.32 Å². The van der Waals surface area contributed by atoms with Crippen molar-refractivity contribution in [3.63, 3.8) is 0 Å². The van der Waals surface area contributed by atoms with Crippen LogP contribution in [-0.2, 0) is 11.3 Å². The average molecular weight is 269 g/mol. The zero-order valence-corrected chi connectivity index (χ0v) is 10.5. The zero-order chi connectivity index (χ0) is 14.1. The Balaban J connectivity index is 2.15. The van der Waals surface area contributed by atoms with Gasteiger partial charge in [0.2, 0.25) is 0 Å². The van der Waals surface area contributed by atoms with E-state index in [-0.39, 0.29) is 19.6 Å². The average Bonchev–Trinajstić information content (AvgIpc) is 2.45. The molecule has 0 unspecified atom stereocenters. The van der Waals surface area contributed by atoms with Crippen LogP contribution >= 0.6 is 0 Å². The number of nitrogens with one attached hydrogen (secondary N) is 1. The number of hydrogen-bond donors (Lipinski definition) is 4. The number of alkyl carbamates (subject to hydrolysis) is 1. The van der Waals surface area contributed by atoms with Crippen LogP contribution in [-0.4, -0.2) is 46.8 Å². The highest BCUT2D eigenvalue weighted by Gasteiger charge is 2.14. The summed E-state index contributed by atoms with van der Waals surface area (Å²) in [6, 6.07) is 9.26. The molecule has 0 saturated heterocycles. The van der Waals surface area contributed by atoms with E-state index in [1.54, 1.807) is 0 Å². The van der Waals surface area contributed by atoms with E-state index in [4.69, 9.17) is 14.9 Å². The SMILES string of the molecule is O=C(NCC[C@H](O)[C@@H](O)CO)OCc1ccccc1. The number of ether oxygens (including phenoxy) is 1. The Morgan fingerprint density at radius 3 is 2.53 bits per heavy atom. The minimum atomic E-state index is -1.19. The Hall–Kier alpha value is -1.63. The summed E-state index contributed by atoms with van der Waals surface area (Å²) in [5, 5.41) is 29.5. The first-order valence-corrected chi connectivity index (χ1v) is 6.05. The van der Waals surface area contributed by atoms with Crippen LogP contribution in [0.3, 0.4) is 0 Å². The first kappa shape index (κ1) is 15.4. The monoisotopic (exact) mass is 269 g/mol. The van der Waals surface area contributed by atoms with Gasteiger partial charge < -0.3 is 25.4 Å². The minimum absolute atomic E-state index is 0.141. The van der Waals surface area contributed by atoms with Crippen LogP contribution in [0.4, 0.5) is 4.79 Å². The summed E-state index contributed by atoms with van der Waals surface area (Å²) in [6.07, 6.45) is -2.71. The molecule has 106 valence electrons. The number of benzene rings is 1. The summed E-state index contributed by atoms with van der Waals surface area (Å²) in [5.74, 6) is 0. The van der Waals surface area contributed by atoms with E-state index in [1.807, 2.05) is 30.3 Å². The molecule has 1 amide bonds. The molecule has 0 aliphatic heterocycles. The molecule has 0 fully saturated rings. The van der Waals surface area contributed by atoms with Crippen molar-refractivity contribution < 1.29 is 24.9 Å². The highest BCUT2D eigenvalue weighted by Crippen LogP contribution is 2.01. The normalized spacial score (nSPS) is 13.6. The van der Waals surface area contributed by atoms with Crippen LogP contribution in [0, 0.1) is 0 Å². The number of aliphatic hydroxyl groups excluding tert-OH is 3. The summed E-state index contributed by atoms with van der Waals surface area (Å²) in [7, 11) is 0. The largest absolute Gasteiger partial charge is 0.445 e. The van der Waals surface area contributed by atoms with Crippen molar-refractivity contribution in [3.8, 4) is 0 Å². The molecule has 1 aromatic rings. The third kappa shape index (κ3) is 6.19. The first-order valence-electron chi connectivity index (χ1n) is 6.05. The number of rotatable bonds is 7. The van der Waals surface area contributed by atoms with Gasteiger partial charge in [0.25, 0.3) is 0 Å². The molecule has 0 aromatic heterocycles. The lowest BCUT2D eigenvalue weighted by atomic mass is 10.1. The zero-order valence-electron chi connectivity index (χ0n) is 10.5. The molecular weight excluding hydrogens is 250 g/mol. The van der Waals surface area contributed by atoms with Gasteiger partial charge in [0, 0.05) is 6.54 Å². The van der Waals surface area contributed by atoms with Gasteiger partial charge in [0.15, 0.2) is 0 Å². The Morgan fingerprint density at radius 2 is 1.89 bits per heavy atom. The second-order valence-corrected chi connectivity index (χ2v) is 4.09. The molecule has 0 heterocycles. The van der Waals surface area contributed by atoms with E-state index in [9.17, 15) is 9.90 Å². The second kappa shape index (κ2) is 8.47. The maximum Gasteiger partial charge on any atom is 0.407 e. The van der Waals surface area contributed by atoms with Gasteiger partial charge in [0.1, 0.15) is 12.7 Å². The second-order valence-electron chi connectivity index (χ2n) is 4.09. The standard InChI is InChI=1S/C13H19NO5/c15-8-12(17)11(16)6-7-14-13(18)19-9-10-4-2-1-3-5-10/h1-5,11-12,15-17H,6-9H2,(H,14,18)/t11-,12-/m0/s1. The van der Waals surface area contributed by atoms with Crippen LogP contribution in [0.2, 0.25) is 0 Å². The van der Waals surface area contributed by atoms with E-state index in [0.29, 0.717) is 0 Å². The lowest BCUT2D eigenvalue weighted by Gasteiger charge is -2.15. The summed E-state index contributed by atoms with van der Waals surface area (Å²) in [6.45, 7) is -0.181. The highest BCUT2D eigenvalue weighted by atomic mass is 16.5. The van der Waals surface area contributed by atoms with Crippen molar-refractivity contribution in [2.45, 2.75) is 25.2 Å². The van der Waals surface area contributed by atoms with Gasteiger partial charge in [0.05, 0.1) is 12.7 Å². The summed E-state index contributed by atoms with van der Waals surface area (Å²) >= 11 is 0. The maximum absolute atomic E-state index is 11.3. The quantitative estimate of drug-likeness (QED) is 0.559. The van der Waals surface area contributed by atoms with Crippen molar-refractivity contribution in [2.75, 3.05) is 13.2 Å². The lowest BCUT2D eigenvalue weighted by molar-refractivity contribution is -0.0171. The minimum Gasteiger partial charge on any atom is -0.445 e. The van der Waals surface area contributed by atoms with Gasteiger partial charge in [-0.05, 0) is 12.0 Å². The summed E-state index contributed by atoms with van der Waals surface area (Å²) in [4.78, 5) is 11.3. The molecule has 1 aromatic carbocycles. The van der Waals surface area contributed by atoms with E-state index in [0.717, 1.165) is 5.56 Å². The van der Waals surface area contributed by atoms with Gasteiger partial charge in [-0.2, -0.15) is 0 Å². The fourth-order valence-electron chi connectivity index (χ4n) is 1.41. The predicted octanol–water partition coefficient (Wildman–Crippen LogP) is 0.0170. The Kier molecular flexibility index (Phi) is 6.88. The molecule has 6 nitrogen and oxygen atoms in total. The molecule has 0 spiro atoms. The molecule has 0 aliphatic carbocycles. The first-order chi connectivity index (χ1) is 9.13. The molecule has 6 heteroatoms. The van der Waals surface area contributed by atoms with Gasteiger partial charge in [-0.25, -0.2) is 4.79 Å². The number of amides is 1. The van der Waals surface area contributed by atoms with Crippen LogP contribution in [0.15, 0.2) is 30.3 Å². The predicted molar refractivity (Wildman–Crippen MR) is 68.3 cm³/mol. The number of hydrogen-bond acceptors (Lipinski definition) is 5. The van der Waals surface area contributed by atoms with Gasteiger partial charge >= 0.3 is 6.09 Å². The Morgan fingerprint density at radius 1 is 1.21 bits per heavy atom. The van der Waals surface area contributed by atoms with Crippen LogP contribution in [0.1, 0.15) is 12.0 Å². The smallest absolute Gasteiger partial charge is 0.407 e. The van der Waals surface area contributed by atoms with Gasteiger partial charge in [-0.3, -0.25) is 0 Å². The Labute approximate surface area is 111 Å². The molecule has 0 bridgehead atoms. The Bertz CT molecular complexity index is 371. The number of carbonyl (C=O) groups excluding carboxylic acids is 1. The molecule has 19 heavy (non-hydrogen) atoms. The van der Waals surface area contributed by atoms with Gasteiger partial charge in [-0.1, -0.05) is 30.3 Å². The van der Waals surface area contributed by atoms with E-state index >= 15 is 0 Å². The van der Waals surface area contributed by atoms with E-state index in [1.165, 1.54) is 0 Å². The summed E-state index contributed by atoms with van der Waals surface area (Å²) in [5.41, 5.74) is 0.883. The number of aliphatic hydroxyl groups is 3. The van der Waals surface area contributed by atoms with Crippen molar-refractivity contribution in [1.82, 2.24) is 5.32 Å². The third-order valence-corrected chi connectivity index (χ3v) is 2.55. The number of carbonyl (C=O) groups is 1. The summed E-state index contributed by atoms with van der Waals surface area (Å²) < 4.78 is 4.95. The van der Waals surface area contributed by atoms with Crippen LogP contribution < -0.4 is 5.32 Å². The van der Waals surface area contributed by atoms with Gasteiger partial charge in [-0.15, -0.1) is 0 Å². The lowest BCUT2D eigenvalue weighted by Crippen LogP contribution is -2.34. The molecule has 0 radical (unpaired) electrons. The van der Waals surface area contributed by atoms with Crippen molar-refractivity contribution >= 4 is 6.09 Å². The molecule has 1 rings (SSSR count). The van der Waals surface area contributed by atoms with Crippen molar-refractivity contribution in [1.29, 1.82) is 0 Å². The highest BCUT2D eigenvalue weighted by molar-refractivity contribution is 5.67. The molecular formula is C13H19NO5. The topological polar surface area (TPSA) is 99.0 Å². The van der Waals surface area contributed by atoms with Crippen molar-refractivity contribution in [2.24, 2.45) is 0 Å². The fraction of sp³-hybridized carbons (Fsp3) is 0.462. The van der Waals surface area contributed by atoms with Crippen LogP contribution in [0.25, 0.3) is 0 Å². The van der Waals surface area contributed by atoms with E-state index < -0.39 is 24.9 Å². The molecule has 2 atom stereocenters.